The van der Waals surface area contributed by atoms with Crippen LogP contribution in [0.25, 0.3) is 6.08 Å². The van der Waals surface area contributed by atoms with E-state index >= 15 is 0 Å². The maximum Gasteiger partial charge on any atom is 0.328 e. The number of benzene rings is 1. The van der Waals surface area contributed by atoms with Gasteiger partial charge in [0.2, 0.25) is 5.91 Å². The number of likely N-dealkylation sites (tertiary alicyclic amines) is 1. The van der Waals surface area contributed by atoms with Crippen molar-refractivity contribution in [2.45, 2.75) is 18.9 Å². The van der Waals surface area contributed by atoms with Crippen molar-refractivity contribution in [3.63, 3.8) is 0 Å². The van der Waals surface area contributed by atoms with Crippen LogP contribution in [0.2, 0.25) is 10.0 Å². The first-order valence-electron chi connectivity index (χ1n) is 6.54. The summed E-state index contributed by atoms with van der Waals surface area (Å²) in [6, 6.07) is 4.62. The summed E-state index contributed by atoms with van der Waals surface area (Å²) in [7, 11) is 1.33. The molecule has 2 rings (SSSR count). The van der Waals surface area contributed by atoms with E-state index in [2.05, 4.69) is 0 Å². The Morgan fingerprint density at radius 1 is 1.33 bits per heavy atom. The molecule has 1 heterocycles. The first-order chi connectivity index (χ1) is 10.0. The van der Waals surface area contributed by atoms with Gasteiger partial charge >= 0.3 is 5.97 Å². The smallest absolute Gasteiger partial charge is 0.328 e. The molecule has 1 fully saturated rings. The van der Waals surface area contributed by atoms with E-state index in [0.717, 1.165) is 12.0 Å². The molecule has 112 valence electrons. The van der Waals surface area contributed by atoms with Crippen LogP contribution in [0.15, 0.2) is 24.3 Å². The first-order valence-corrected chi connectivity index (χ1v) is 7.30. The van der Waals surface area contributed by atoms with Gasteiger partial charge in [-0.1, -0.05) is 29.3 Å². The predicted molar refractivity (Wildman–Crippen MR) is 82.2 cm³/mol. The van der Waals surface area contributed by atoms with Crippen molar-refractivity contribution in [2.24, 2.45) is 0 Å². The minimum Gasteiger partial charge on any atom is -0.467 e. The summed E-state index contributed by atoms with van der Waals surface area (Å²) in [6.07, 6.45) is 4.52. The highest BCUT2D eigenvalue weighted by Gasteiger charge is 2.33. The average molecular weight is 328 g/mol. The highest BCUT2D eigenvalue weighted by atomic mass is 35.5. The Hall–Kier alpha value is -1.52. The molecule has 0 radical (unpaired) electrons. The lowest BCUT2D eigenvalue weighted by Crippen LogP contribution is -2.40. The van der Waals surface area contributed by atoms with Crippen LogP contribution in [0.4, 0.5) is 0 Å². The van der Waals surface area contributed by atoms with Crippen LogP contribution in [0, 0.1) is 0 Å². The van der Waals surface area contributed by atoms with Gasteiger partial charge in [-0.2, -0.15) is 0 Å². The summed E-state index contributed by atoms with van der Waals surface area (Å²) < 4.78 is 4.72. The van der Waals surface area contributed by atoms with Gasteiger partial charge < -0.3 is 9.64 Å². The van der Waals surface area contributed by atoms with Crippen LogP contribution in [-0.2, 0) is 14.3 Å². The minimum atomic E-state index is -0.485. The van der Waals surface area contributed by atoms with Crippen molar-refractivity contribution in [3.8, 4) is 0 Å². The number of hydrogen-bond donors (Lipinski definition) is 0. The first kappa shape index (κ1) is 15.9. The Labute approximate surface area is 133 Å². The molecule has 0 N–H and O–H groups in total. The molecule has 1 atom stereocenters. The molecule has 1 aromatic carbocycles. The highest BCUT2D eigenvalue weighted by Crippen LogP contribution is 2.23. The Bertz CT molecular complexity index is 586. The van der Waals surface area contributed by atoms with E-state index in [1.165, 1.54) is 18.1 Å². The van der Waals surface area contributed by atoms with Crippen LogP contribution in [-0.4, -0.2) is 36.5 Å². The molecule has 0 aromatic heterocycles. The predicted octanol–water partition coefficient (Wildman–Crippen LogP) is 3.17. The molecule has 1 amide bonds. The zero-order chi connectivity index (χ0) is 15.4. The number of carbonyl (C=O) groups is 2. The van der Waals surface area contributed by atoms with Gasteiger partial charge in [-0.25, -0.2) is 4.79 Å². The Morgan fingerprint density at radius 2 is 2.10 bits per heavy atom. The zero-order valence-corrected chi connectivity index (χ0v) is 13.0. The van der Waals surface area contributed by atoms with E-state index in [0.29, 0.717) is 23.0 Å². The monoisotopic (exact) mass is 327 g/mol. The van der Waals surface area contributed by atoms with Crippen molar-refractivity contribution >= 4 is 41.2 Å². The average Bonchev–Trinajstić information content (AvgIpc) is 2.97. The molecule has 4 nitrogen and oxygen atoms in total. The molecule has 0 aliphatic carbocycles. The molecule has 1 aliphatic heterocycles. The van der Waals surface area contributed by atoms with E-state index in [9.17, 15) is 9.59 Å². The quantitative estimate of drug-likeness (QED) is 0.632. The molecule has 0 saturated carbocycles. The number of amides is 1. The fourth-order valence-corrected chi connectivity index (χ4v) is 2.60. The number of carbonyl (C=O) groups excluding carboxylic acids is 2. The third kappa shape index (κ3) is 3.77. The van der Waals surface area contributed by atoms with Crippen molar-refractivity contribution in [1.82, 2.24) is 4.90 Å². The molecule has 21 heavy (non-hydrogen) atoms. The van der Waals surface area contributed by atoms with E-state index in [4.69, 9.17) is 27.9 Å². The molecule has 6 heteroatoms. The highest BCUT2D eigenvalue weighted by molar-refractivity contribution is 6.42. The largest absolute Gasteiger partial charge is 0.467 e. The summed E-state index contributed by atoms with van der Waals surface area (Å²) in [5.74, 6) is -0.585. The number of halogens is 2. The summed E-state index contributed by atoms with van der Waals surface area (Å²) >= 11 is 11.8. The number of hydrogen-bond acceptors (Lipinski definition) is 3. The van der Waals surface area contributed by atoms with Crippen LogP contribution in [0.1, 0.15) is 18.4 Å². The third-order valence-electron chi connectivity index (χ3n) is 3.37. The normalized spacial score (nSPS) is 18.2. The van der Waals surface area contributed by atoms with Gasteiger partial charge in [0.1, 0.15) is 6.04 Å². The van der Waals surface area contributed by atoms with Crippen LogP contribution >= 0.6 is 23.2 Å². The second-order valence-electron chi connectivity index (χ2n) is 4.72. The maximum absolute atomic E-state index is 12.2. The number of ether oxygens (including phenoxy) is 1. The molecular weight excluding hydrogens is 313 g/mol. The van der Waals surface area contributed by atoms with E-state index < -0.39 is 6.04 Å². The van der Waals surface area contributed by atoms with Gasteiger partial charge in [0.05, 0.1) is 17.2 Å². The number of rotatable bonds is 3. The summed E-state index contributed by atoms with van der Waals surface area (Å²) in [4.78, 5) is 25.3. The Morgan fingerprint density at radius 3 is 2.76 bits per heavy atom. The standard InChI is InChI=1S/C15H15Cl2NO3/c1-21-15(20)13-3-2-8-18(13)14(19)7-5-10-4-6-11(16)12(17)9-10/h4-7,9,13H,2-3,8H2,1H3/b7-5+. The molecule has 1 unspecified atom stereocenters. The molecule has 1 aliphatic rings. The van der Waals surface area contributed by atoms with Gasteiger partial charge in [-0.3, -0.25) is 4.79 Å². The second kappa shape index (κ2) is 6.96. The van der Waals surface area contributed by atoms with Gasteiger partial charge in [-0.15, -0.1) is 0 Å². The van der Waals surface area contributed by atoms with E-state index in [1.807, 2.05) is 0 Å². The summed E-state index contributed by atoms with van der Waals surface area (Å²) in [5.41, 5.74) is 0.770. The fraction of sp³-hybridized carbons (Fsp3) is 0.333. The van der Waals surface area contributed by atoms with Crippen molar-refractivity contribution in [1.29, 1.82) is 0 Å². The van der Waals surface area contributed by atoms with E-state index in [1.54, 1.807) is 24.3 Å². The number of nitrogens with zero attached hydrogens (tertiary/aromatic N) is 1. The maximum atomic E-state index is 12.2. The van der Waals surface area contributed by atoms with Gasteiger partial charge in [0, 0.05) is 12.6 Å². The van der Waals surface area contributed by atoms with E-state index in [-0.39, 0.29) is 11.9 Å². The van der Waals surface area contributed by atoms with Crippen molar-refractivity contribution in [3.05, 3.63) is 39.9 Å². The Balaban J connectivity index is 2.08. The minimum absolute atomic E-state index is 0.214. The summed E-state index contributed by atoms with van der Waals surface area (Å²) in [5, 5.41) is 0.894. The molecular formula is C15H15Cl2NO3. The lowest BCUT2D eigenvalue weighted by Gasteiger charge is -2.20. The number of esters is 1. The lowest BCUT2D eigenvalue weighted by molar-refractivity contribution is -0.149. The second-order valence-corrected chi connectivity index (χ2v) is 5.53. The van der Waals surface area contributed by atoms with Gasteiger partial charge in [0.15, 0.2) is 0 Å². The molecule has 0 spiro atoms. The number of methoxy groups -OCH3 is 1. The zero-order valence-electron chi connectivity index (χ0n) is 11.5. The van der Waals surface area contributed by atoms with Crippen LogP contribution in [0.3, 0.4) is 0 Å². The third-order valence-corrected chi connectivity index (χ3v) is 4.11. The van der Waals surface area contributed by atoms with Crippen molar-refractivity contribution in [2.75, 3.05) is 13.7 Å². The summed E-state index contributed by atoms with van der Waals surface area (Å²) in [6.45, 7) is 0.560. The SMILES string of the molecule is COC(=O)C1CCCN1C(=O)/C=C/c1ccc(Cl)c(Cl)c1. The topological polar surface area (TPSA) is 46.6 Å². The van der Waals surface area contributed by atoms with Crippen molar-refractivity contribution < 1.29 is 14.3 Å². The van der Waals surface area contributed by atoms with Gasteiger partial charge in [-0.05, 0) is 36.6 Å². The molecule has 1 saturated heterocycles. The molecule has 0 bridgehead atoms. The fourth-order valence-electron chi connectivity index (χ4n) is 2.29. The van der Waals surface area contributed by atoms with Gasteiger partial charge in [0.25, 0.3) is 0 Å². The van der Waals surface area contributed by atoms with Crippen LogP contribution in [0.5, 0.6) is 0 Å². The Kier molecular flexibility index (Phi) is 5.26. The lowest BCUT2D eigenvalue weighted by atomic mass is 10.2. The van der Waals surface area contributed by atoms with Crippen LogP contribution < -0.4 is 0 Å². The molecule has 1 aromatic rings.